The number of rotatable bonds is 5. The van der Waals surface area contributed by atoms with Gasteiger partial charge in [0.25, 0.3) is 5.69 Å². The fourth-order valence-corrected chi connectivity index (χ4v) is 3.62. The van der Waals surface area contributed by atoms with Crippen LogP contribution in [0, 0.1) is 10.1 Å². The van der Waals surface area contributed by atoms with Gasteiger partial charge in [0.05, 0.1) is 23.2 Å². The van der Waals surface area contributed by atoms with Gasteiger partial charge in [-0.15, -0.1) is 0 Å². The third-order valence-electron chi connectivity index (χ3n) is 5.41. The lowest BCUT2D eigenvalue weighted by atomic mass is 10.1. The molecule has 0 radical (unpaired) electrons. The number of likely N-dealkylation sites (N-methyl/N-ethyl adjacent to an activating group) is 1. The first-order valence-electron chi connectivity index (χ1n) is 9.88. The largest absolute Gasteiger partial charge is 0.497 e. The first-order chi connectivity index (χ1) is 14.5. The van der Waals surface area contributed by atoms with E-state index in [1.807, 2.05) is 30.4 Å². The summed E-state index contributed by atoms with van der Waals surface area (Å²) in [5, 5.41) is 11.9. The van der Waals surface area contributed by atoms with E-state index in [9.17, 15) is 10.1 Å². The van der Waals surface area contributed by atoms with Crippen molar-refractivity contribution >= 4 is 34.4 Å². The van der Waals surface area contributed by atoms with Crippen molar-refractivity contribution in [3.05, 3.63) is 69.9 Å². The predicted molar refractivity (Wildman–Crippen MR) is 120 cm³/mol. The number of benzene rings is 2. The molecule has 0 spiro atoms. The number of nitrogens with zero attached hydrogens (tertiary/aromatic N) is 4. The first-order valence-corrected chi connectivity index (χ1v) is 9.88. The Morgan fingerprint density at radius 2 is 1.77 bits per heavy atom. The zero-order valence-corrected chi connectivity index (χ0v) is 17.1. The Morgan fingerprint density at radius 3 is 2.43 bits per heavy atom. The molecule has 0 N–H and O–H groups in total. The van der Waals surface area contributed by atoms with E-state index in [2.05, 4.69) is 22.9 Å². The van der Waals surface area contributed by atoms with Crippen molar-refractivity contribution in [2.75, 3.05) is 45.2 Å². The Bertz CT molecular complexity index is 1090. The number of nitro groups is 1. The van der Waals surface area contributed by atoms with Gasteiger partial charge in [0, 0.05) is 49.4 Å². The standard InChI is InChI=1S/C23H24N4O3/c1-25-11-13-26(14-12-25)23-15-18(24-22-10-9-20(30-2)16-21(22)23)6-3-17-4-7-19(8-5-17)27(28)29/h3-10,15-16H,11-14H2,1-2H3/b6-3+. The molecular formula is C23H24N4O3. The van der Waals surface area contributed by atoms with Crippen molar-refractivity contribution in [3.8, 4) is 5.75 Å². The molecule has 0 amide bonds. The highest BCUT2D eigenvalue weighted by atomic mass is 16.6. The van der Waals surface area contributed by atoms with E-state index < -0.39 is 4.92 Å². The lowest BCUT2D eigenvalue weighted by Gasteiger charge is -2.34. The van der Waals surface area contributed by atoms with Crippen molar-refractivity contribution in [1.29, 1.82) is 0 Å². The molecule has 2 heterocycles. The van der Waals surface area contributed by atoms with Crippen LogP contribution in [0.2, 0.25) is 0 Å². The fraction of sp³-hybridized carbons (Fsp3) is 0.261. The van der Waals surface area contributed by atoms with Crippen LogP contribution in [-0.4, -0.2) is 55.1 Å². The number of piperazine rings is 1. The number of hydrogen-bond acceptors (Lipinski definition) is 6. The molecule has 2 aromatic carbocycles. The van der Waals surface area contributed by atoms with Gasteiger partial charge in [-0.1, -0.05) is 6.08 Å². The monoisotopic (exact) mass is 404 g/mol. The summed E-state index contributed by atoms with van der Waals surface area (Å²) in [5.41, 5.74) is 3.88. The Kier molecular flexibility index (Phi) is 5.63. The van der Waals surface area contributed by atoms with Crippen LogP contribution in [0.5, 0.6) is 5.75 Å². The summed E-state index contributed by atoms with van der Waals surface area (Å²) in [6.07, 6.45) is 3.87. The average Bonchev–Trinajstić information content (AvgIpc) is 2.77. The molecule has 30 heavy (non-hydrogen) atoms. The summed E-state index contributed by atoms with van der Waals surface area (Å²) < 4.78 is 5.43. The average molecular weight is 404 g/mol. The number of aromatic nitrogens is 1. The molecule has 7 nitrogen and oxygen atoms in total. The maximum atomic E-state index is 10.8. The van der Waals surface area contributed by atoms with Gasteiger partial charge in [-0.3, -0.25) is 10.1 Å². The van der Waals surface area contributed by atoms with Crippen molar-refractivity contribution in [2.45, 2.75) is 0 Å². The molecule has 3 aromatic rings. The van der Waals surface area contributed by atoms with E-state index in [0.29, 0.717) is 0 Å². The predicted octanol–water partition coefficient (Wildman–Crippen LogP) is 4.07. The van der Waals surface area contributed by atoms with Gasteiger partial charge in [-0.25, -0.2) is 4.98 Å². The van der Waals surface area contributed by atoms with Crippen molar-refractivity contribution < 1.29 is 9.66 Å². The highest BCUT2D eigenvalue weighted by Gasteiger charge is 2.18. The summed E-state index contributed by atoms with van der Waals surface area (Å²) in [7, 11) is 3.81. The number of non-ortho nitro benzene ring substituents is 1. The molecule has 154 valence electrons. The molecule has 1 aliphatic heterocycles. The Balaban J connectivity index is 1.70. The Morgan fingerprint density at radius 1 is 1.03 bits per heavy atom. The lowest BCUT2D eigenvalue weighted by molar-refractivity contribution is -0.384. The van der Waals surface area contributed by atoms with Crippen molar-refractivity contribution in [1.82, 2.24) is 9.88 Å². The molecule has 1 fully saturated rings. The fourth-order valence-electron chi connectivity index (χ4n) is 3.62. The van der Waals surface area contributed by atoms with Crippen molar-refractivity contribution in [2.24, 2.45) is 0 Å². The maximum absolute atomic E-state index is 10.8. The minimum atomic E-state index is -0.394. The molecule has 0 saturated carbocycles. The zero-order chi connectivity index (χ0) is 21.1. The maximum Gasteiger partial charge on any atom is 0.269 e. The Hall–Kier alpha value is -3.45. The number of anilines is 1. The van der Waals surface area contributed by atoms with Crippen molar-refractivity contribution in [3.63, 3.8) is 0 Å². The van der Waals surface area contributed by atoms with Gasteiger partial charge in [0.15, 0.2) is 0 Å². The molecule has 7 heteroatoms. The lowest BCUT2D eigenvalue weighted by Crippen LogP contribution is -2.44. The second kappa shape index (κ2) is 8.51. The van der Waals surface area contributed by atoms with Crippen LogP contribution in [-0.2, 0) is 0 Å². The highest BCUT2D eigenvalue weighted by Crippen LogP contribution is 2.31. The smallest absolute Gasteiger partial charge is 0.269 e. The summed E-state index contributed by atoms with van der Waals surface area (Å²) >= 11 is 0. The zero-order valence-electron chi connectivity index (χ0n) is 17.1. The minimum absolute atomic E-state index is 0.0854. The summed E-state index contributed by atoms with van der Waals surface area (Å²) in [5.74, 6) is 0.814. The summed E-state index contributed by atoms with van der Waals surface area (Å²) in [6.45, 7) is 3.94. The van der Waals surface area contributed by atoms with Gasteiger partial charge in [-0.2, -0.15) is 0 Å². The van der Waals surface area contributed by atoms with Crippen LogP contribution >= 0.6 is 0 Å². The number of fused-ring (bicyclic) bond motifs is 1. The van der Waals surface area contributed by atoms with E-state index in [0.717, 1.165) is 59.8 Å². The minimum Gasteiger partial charge on any atom is -0.497 e. The van der Waals surface area contributed by atoms with Crippen LogP contribution in [0.3, 0.4) is 0 Å². The topological polar surface area (TPSA) is 71.7 Å². The highest BCUT2D eigenvalue weighted by molar-refractivity contribution is 5.94. The third kappa shape index (κ3) is 4.26. The van der Waals surface area contributed by atoms with Crippen LogP contribution in [0.25, 0.3) is 23.1 Å². The van der Waals surface area contributed by atoms with Gasteiger partial charge in [0.1, 0.15) is 5.75 Å². The van der Waals surface area contributed by atoms with E-state index >= 15 is 0 Å². The van der Waals surface area contributed by atoms with E-state index in [1.165, 1.54) is 12.1 Å². The molecule has 1 aliphatic rings. The molecular weight excluding hydrogens is 380 g/mol. The molecule has 0 aliphatic carbocycles. The third-order valence-corrected chi connectivity index (χ3v) is 5.41. The molecule has 0 bridgehead atoms. The normalized spacial score (nSPS) is 15.1. The van der Waals surface area contributed by atoms with Crippen LogP contribution in [0.1, 0.15) is 11.3 Å². The van der Waals surface area contributed by atoms with E-state index in [4.69, 9.17) is 9.72 Å². The second-order valence-corrected chi connectivity index (χ2v) is 7.42. The van der Waals surface area contributed by atoms with Crippen LogP contribution in [0.15, 0.2) is 48.5 Å². The van der Waals surface area contributed by atoms with Gasteiger partial charge < -0.3 is 14.5 Å². The number of hydrogen-bond donors (Lipinski definition) is 0. The Labute approximate surface area is 175 Å². The SMILES string of the molecule is COc1ccc2nc(/C=C/c3ccc([N+](=O)[O-])cc3)cc(N3CCN(C)CC3)c2c1. The van der Waals surface area contributed by atoms with Crippen LogP contribution in [0.4, 0.5) is 11.4 Å². The van der Waals surface area contributed by atoms with E-state index in [1.54, 1.807) is 19.2 Å². The van der Waals surface area contributed by atoms with Crippen LogP contribution < -0.4 is 9.64 Å². The molecule has 1 saturated heterocycles. The number of ether oxygens (including phenoxy) is 1. The van der Waals surface area contributed by atoms with Gasteiger partial charge >= 0.3 is 0 Å². The summed E-state index contributed by atoms with van der Waals surface area (Å²) in [6, 6.07) is 14.5. The van der Waals surface area contributed by atoms with Gasteiger partial charge in [0.2, 0.25) is 0 Å². The molecule has 4 rings (SSSR count). The number of nitro benzene ring substituents is 1. The summed E-state index contributed by atoms with van der Waals surface area (Å²) in [4.78, 5) is 20.0. The first kappa shape index (κ1) is 19.8. The van der Waals surface area contributed by atoms with Gasteiger partial charge in [-0.05, 0) is 55.1 Å². The second-order valence-electron chi connectivity index (χ2n) is 7.42. The quantitative estimate of drug-likeness (QED) is 0.471. The molecule has 0 atom stereocenters. The molecule has 0 unspecified atom stereocenters. The van der Waals surface area contributed by atoms with E-state index in [-0.39, 0.29) is 5.69 Å². The number of methoxy groups -OCH3 is 1. The molecule has 1 aromatic heterocycles. The number of pyridine rings is 1.